The monoisotopic (exact) mass is 279 g/mol. The minimum atomic E-state index is 0.0377. The van der Waals surface area contributed by atoms with Gasteiger partial charge >= 0.3 is 0 Å². The zero-order chi connectivity index (χ0) is 13.8. The summed E-state index contributed by atoms with van der Waals surface area (Å²) in [5.74, 6) is 1.14. The molecule has 0 saturated carbocycles. The molecule has 1 aliphatic rings. The lowest BCUT2D eigenvalue weighted by Gasteiger charge is -2.36. The van der Waals surface area contributed by atoms with Gasteiger partial charge in [-0.15, -0.1) is 0 Å². The molecule has 1 saturated heterocycles. The fraction of sp³-hybridized carbons (Fsp3) is 0.500. The summed E-state index contributed by atoms with van der Waals surface area (Å²) >= 11 is 1.98. The smallest absolute Gasteiger partial charge is 0.238 e. The lowest BCUT2D eigenvalue weighted by Crippen LogP contribution is -2.47. The van der Waals surface area contributed by atoms with Crippen LogP contribution in [0.3, 0.4) is 0 Å². The predicted molar refractivity (Wildman–Crippen MR) is 82.4 cm³/mol. The summed E-state index contributed by atoms with van der Waals surface area (Å²) in [5.41, 5.74) is 7.12. The molecule has 0 spiro atoms. The molecule has 2 rings (SSSR count). The van der Waals surface area contributed by atoms with Gasteiger partial charge in [-0.05, 0) is 31.2 Å². The lowest BCUT2D eigenvalue weighted by atomic mass is 10.2. The summed E-state index contributed by atoms with van der Waals surface area (Å²) in [6, 6.07) is 7.67. The Morgan fingerprint density at radius 2 is 2.11 bits per heavy atom. The SMILES string of the molecule is CC1SCCN(CC(=O)Nc2ccc(N)cc2)C1C. The van der Waals surface area contributed by atoms with Gasteiger partial charge < -0.3 is 11.1 Å². The topological polar surface area (TPSA) is 58.4 Å². The summed E-state index contributed by atoms with van der Waals surface area (Å²) < 4.78 is 0. The number of carbonyl (C=O) groups excluding carboxylic acids is 1. The Labute approximate surface area is 118 Å². The fourth-order valence-corrected chi connectivity index (χ4v) is 3.33. The van der Waals surface area contributed by atoms with Crippen LogP contribution >= 0.6 is 11.8 Å². The zero-order valence-corrected chi connectivity index (χ0v) is 12.2. The number of thioether (sulfide) groups is 1. The maximum absolute atomic E-state index is 12.0. The Kier molecular flexibility index (Phi) is 4.71. The average molecular weight is 279 g/mol. The van der Waals surface area contributed by atoms with Crippen molar-refractivity contribution >= 4 is 29.0 Å². The van der Waals surface area contributed by atoms with Gasteiger partial charge in [0.05, 0.1) is 6.54 Å². The van der Waals surface area contributed by atoms with E-state index in [4.69, 9.17) is 5.73 Å². The van der Waals surface area contributed by atoms with E-state index in [0.717, 1.165) is 18.0 Å². The molecule has 1 aromatic carbocycles. The highest BCUT2D eigenvalue weighted by Gasteiger charge is 2.26. The van der Waals surface area contributed by atoms with Crippen molar-refractivity contribution in [2.75, 3.05) is 29.9 Å². The third kappa shape index (κ3) is 3.88. The number of carbonyl (C=O) groups is 1. The maximum atomic E-state index is 12.0. The average Bonchev–Trinajstić information content (AvgIpc) is 2.38. The van der Waals surface area contributed by atoms with E-state index in [2.05, 4.69) is 24.1 Å². The Hall–Kier alpha value is -1.20. The highest BCUT2D eigenvalue weighted by Crippen LogP contribution is 2.23. The van der Waals surface area contributed by atoms with Crippen LogP contribution in [-0.4, -0.2) is 40.9 Å². The van der Waals surface area contributed by atoms with Crippen LogP contribution in [0.25, 0.3) is 0 Å². The number of hydrogen-bond acceptors (Lipinski definition) is 4. The highest BCUT2D eigenvalue weighted by atomic mass is 32.2. The first-order valence-corrected chi connectivity index (χ1v) is 7.62. The number of nitrogens with two attached hydrogens (primary N) is 1. The number of benzene rings is 1. The molecule has 1 aromatic rings. The molecule has 104 valence electrons. The number of rotatable bonds is 3. The van der Waals surface area contributed by atoms with Crippen molar-refractivity contribution in [1.82, 2.24) is 4.90 Å². The molecule has 2 atom stereocenters. The molecular formula is C14H21N3OS. The van der Waals surface area contributed by atoms with Gasteiger partial charge in [-0.1, -0.05) is 6.92 Å². The number of amides is 1. The van der Waals surface area contributed by atoms with Crippen LogP contribution in [0.2, 0.25) is 0 Å². The van der Waals surface area contributed by atoms with Crippen molar-refractivity contribution in [1.29, 1.82) is 0 Å². The molecule has 4 nitrogen and oxygen atoms in total. The molecule has 1 aliphatic heterocycles. The van der Waals surface area contributed by atoms with Gasteiger partial charge in [0.25, 0.3) is 0 Å². The van der Waals surface area contributed by atoms with E-state index >= 15 is 0 Å². The van der Waals surface area contributed by atoms with Gasteiger partial charge in [0.15, 0.2) is 0 Å². The van der Waals surface area contributed by atoms with E-state index in [1.807, 2.05) is 23.9 Å². The Morgan fingerprint density at radius 3 is 2.79 bits per heavy atom. The van der Waals surface area contributed by atoms with Crippen LogP contribution in [0.5, 0.6) is 0 Å². The second-order valence-electron chi connectivity index (χ2n) is 4.96. The van der Waals surface area contributed by atoms with Crippen molar-refractivity contribution in [3.63, 3.8) is 0 Å². The molecule has 19 heavy (non-hydrogen) atoms. The van der Waals surface area contributed by atoms with Crippen molar-refractivity contribution in [2.24, 2.45) is 0 Å². The summed E-state index contributed by atoms with van der Waals surface area (Å²) in [4.78, 5) is 14.3. The standard InChI is InChI=1S/C14H21N3OS/c1-10-11(2)19-8-7-17(10)9-14(18)16-13-5-3-12(15)4-6-13/h3-6,10-11H,7-9,15H2,1-2H3,(H,16,18). The third-order valence-electron chi connectivity index (χ3n) is 3.56. The minimum Gasteiger partial charge on any atom is -0.399 e. The predicted octanol–water partition coefficient (Wildman–Crippen LogP) is 2.03. The van der Waals surface area contributed by atoms with Gasteiger partial charge in [0.1, 0.15) is 0 Å². The molecule has 0 bridgehead atoms. The number of nitrogens with zero attached hydrogens (tertiary/aromatic N) is 1. The van der Waals surface area contributed by atoms with Crippen LogP contribution in [-0.2, 0) is 4.79 Å². The Balaban J connectivity index is 1.88. The van der Waals surface area contributed by atoms with Gasteiger partial charge in [0.2, 0.25) is 5.91 Å². The number of nitrogens with one attached hydrogen (secondary N) is 1. The minimum absolute atomic E-state index is 0.0377. The Bertz CT molecular complexity index is 435. The second-order valence-corrected chi connectivity index (χ2v) is 6.44. The quantitative estimate of drug-likeness (QED) is 0.831. The normalized spacial score (nSPS) is 24.1. The largest absolute Gasteiger partial charge is 0.399 e. The maximum Gasteiger partial charge on any atom is 0.238 e. The van der Waals surface area contributed by atoms with Crippen LogP contribution in [0.4, 0.5) is 11.4 Å². The van der Waals surface area contributed by atoms with E-state index in [9.17, 15) is 4.79 Å². The van der Waals surface area contributed by atoms with Crippen LogP contribution in [0, 0.1) is 0 Å². The second kappa shape index (κ2) is 6.30. The van der Waals surface area contributed by atoms with E-state index in [0.29, 0.717) is 23.5 Å². The molecule has 3 N–H and O–H groups in total. The molecule has 0 aliphatic carbocycles. The first-order chi connectivity index (χ1) is 9.06. The lowest BCUT2D eigenvalue weighted by molar-refractivity contribution is -0.117. The van der Waals surface area contributed by atoms with Crippen molar-refractivity contribution in [3.8, 4) is 0 Å². The van der Waals surface area contributed by atoms with Crippen molar-refractivity contribution in [3.05, 3.63) is 24.3 Å². The molecule has 1 amide bonds. The number of anilines is 2. The van der Waals surface area contributed by atoms with Crippen molar-refractivity contribution in [2.45, 2.75) is 25.1 Å². The molecule has 2 unspecified atom stereocenters. The highest BCUT2D eigenvalue weighted by molar-refractivity contribution is 8.00. The van der Waals surface area contributed by atoms with Crippen LogP contribution in [0.1, 0.15) is 13.8 Å². The molecule has 1 heterocycles. The summed E-state index contributed by atoms with van der Waals surface area (Å²) in [5, 5.41) is 3.49. The number of hydrogen-bond donors (Lipinski definition) is 2. The van der Waals surface area contributed by atoms with Gasteiger partial charge in [-0.3, -0.25) is 9.69 Å². The van der Waals surface area contributed by atoms with Gasteiger partial charge in [-0.25, -0.2) is 0 Å². The van der Waals surface area contributed by atoms with Gasteiger partial charge in [0, 0.05) is 35.0 Å². The first-order valence-electron chi connectivity index (χ1n) is 6.57. The summed E-state index contributed by atoms with van der Waals surface area (Å²) in [6.45, 7) is 5.84. The zero-order valence-electron chi connectivity index (χ0n) is 11.4. The number of nitrogen functional groups attached to an aromatic ring is 1. The van der Waals surface area contributed by atoms with Crippen LogP contribution in [0.15, 0.2) is 24.3 Å². The summed E-state index contributed by atoms with van der Waals surface area (Å²) in [7, 11) is 0. The van der Waals surface area contributed by atoms with Crippen molar-refractivity contribution < 1.29 is 4.79 Å². The summed E-state index contributed by atoms with van der Waals surface area (Å²) in [6.07, 6.45) is 0. The third-order valence-corrected chi connectivity index (χ3v) is 4.89. The molecule has 0 aromatic heterocycles. The molecule has 1 fully saturated rings. The molecule has 0 radical (unpaired) electrons. The van der Waals surface area contributed by atoms with E-state index in [1.54, 1.807) is 12.1 Å². The Morgan fingerprint density at radius 1 is 1.42 bits per heavy atom. The first kappa shape index (κ1) is 14.2. The molecule has 5 heteroatoms. The molecular weight excluding hydrogens is 258 g/mol. The van der Waals surface area contributed by atoms with E-state index in [-0.39, 0.29) is 5.91 Å². The van der Waals surface area contributed by atoms with Gasteiger partial charge in [-0.2, -0.15) is 11.8 Å². The van der Waals surface area contributed by atoms with E-state index < -0.39 is 0 Å². The van der Waals surface area contributed by atoms with Crippen LogP contribution < -0.4 is 11.1 Å². The fourth-order valence-electron chi connectivity index (χ4n) is 2.17. The van der Waals surface area contributed by atoms with E-state index in [1.165, 1.54) is 0 Å².